The number of benzene rings is 3. The highest BCUT2D eigenvalue weighted by Crippen LogP contribution is 2.36. The summed E-state index contributed by atoms with van der Waals surface area (Å²) in [5.74, 6) is 0.483. The summed E-state index contributed by atoms with van der Waals surface area (Å²) in [5, 5.41) is 2.86. The summed E-state index contributed by atoms with van der Waals surface area (Å²) < 4.78 is 33.9. The fourth-order valence-corrected chi connectivity index (χ4v) is 6.02. The van der Waals surface area contributed by atoms with Crippen molar-refractivity contribution >= 4 is 27.3 Å². The molecule has 7 heteroatoms. The van der Waals surface area contributed by atoms with Gasteiger partial charge in [0.25, 0.3) is 15.9 Å². The molecule has 1 unspecified atom stereocenters. The van der Waals surface area contributed by atoms with Crippen LogP contribution in [0.15, 0.2) is 71.6 Å². The molecule has 2 aliphatic rings. The number of hydrogen-bond acceptors (Lipinski definition) is 4. The standard InChI is InChI=1S/C24H22N2O4S/c1-16-13-17-5-2-3-8-22(17)26(16)31(28,29)21-7-4-6-19(15-21)24(27)25-20-9-10-23-18(14-20)11-12-30-23/h2-10,14-16H,11-13H2,1H3,(H,25,27). The van der Waals surface area contributed by atoms with Crippen LogP contribution in [0.5, 0.6) is 5.75 Å². The van der Waals surface area contributed by atoms with E-state index < -0.39 is 10.0 Å². The van der Waals surface area contributed by atoms with Crippen molar-refractivity contribution in [3.63, 3.8) is 0 Å². The minimum atomic E-state index is -3.80. The predicted octanol–water partition coefficient (Wildman–Crippen LogP) is 4.01. The van der Waals surface area contributed by atoms with Gasteiger partial charge in [-0.05, 0) is 66.9 Å². The number of carbonyl (C=O) groups is 1. The molecule has 5 rings (SSSR count). The average Bonchev–Trinajstić information content (AvgIpc) is 3.36. The maximum atomic E-state index is 13.4. The number of anilines is 2. The Morgan fingerprint density at radius 3 is 2.74 bits per heavy atom. The molecular weight excluding hydrogens is 412 g/mol. The second-order valence-corrected chi connectivity index (χ2v) is 9.70. The van der Waals surface area contributed by atoms with Crippen LogP contribution in [-0.4, -0.2) is 27.0 Å². The molecule has 0 saturated carbocycles. The minimum absolute atomic E-state index is 0.103. The molecule has 0 radical (unpaired) electrons. The highest BCUT2D eigenvalue weighted by molar-refractivity contribution is 7.92. The first-order valence-corrected chi connectivity index (χ1v) is 11.7. The Bertz CT molecular complexity index is 1290. The Balaban J connectivity index is 1.43. The van der Waals surface area contributed by atoms with Crippen LogP contribution in [0.25, 0.3) is 0 Å². The molecule has 2 aliphatic heterocycles. The molecule has 1 atom stereocenters. The van der Waals surface area contributed by atoms with E-state index in [1.807, 2.05) is 43.3 Å². The molecule has 0 aromatic heterocycles. The van der Waals surface area contributed by atoms with E-state index in [0.29, 0.717) is 24.4 Å². The fourth-order valence-electron chi connectivity index (χ4n) is 4.28. The number of ether oxygens (including phenoxy) is 1. The smallest absolute Gasteiger partial charge is 0.264 e. The van der Waals surface area contributed by atoms with Gasteiger partial charge in [0, 0.05) is 23.7 Å². The monoisotopic (exact) mass is 434 g/mol. The molecule has 3 aromatic rings. The summed E-state index contributed by atoms with van der Waals surface area (Å²) in [6.45, 7) is 2.54. The molecule has 0 saturated heterocycles. The lowest BCUT2D eigenvalue weighted by Crippen LogP contribution is -2.35. The largest absolute Gasteiger partial charge is 0.493 e. The van der Waals surface area contributed by atoms with Gasteiger partial charge in [0.15, 0.2) is 0 Å². The number of sulfonamides is 1. The Kier molecular flexibility index (Phi) is 4.70. The molecule has 0 spiro atoms. The van der Waals surface area contributed by atoms with Gasteiger partial charge in [0.1, 0.15) is 5.75 Å². The van der Waals surface area contributed by atoms with E-state index in [1.54, 1.807) is 18.2 Å². The van der Waals surface area contributed by atoms with Crippen LogP contribution in [0, 0.1) is 0 Å². The predicted molar refractivity (Wildman–Crippen MR) is 119 cm³/mol. The van der Waals surface area contributed by atoms with Crippen molar-refractivity contribution in [1.82, 2.24) is 0 Å². The van der Waals surface area contributed by atoms with E-state index in [1.165, 1.54) is 16.4 Å². The first-order chi connectivity index (χ1) is 14.9. The molecule has 6 nitrogen and oxygen atoms in total. The molecule has 0 fully saturated rings. The summed E-state index contributed by atoms with van der Waals surface area (Å²) in [7, 11) is -3.80. The van der Waals surface area contributed by atoms with Crippen LogP contribution in [0.1, 0.15) is 28.4 Å². The summed E-state index contributed by atoms with van der Waals surface area (Å²) in [6.07, 6.45) is 1.47. The first kappa shape index (κ1) is 19.6. The molecule has 0 aliphatic carbocycles. The lowest BCUT2D eigenvalue weighted by atomic mass is 10.1. The zero-order chi connectivity index (χ0) is 21.6. The second kappa shape index (κ2) is 7.42. The van der Waals surface area contributed by atoms with Crippen molar-refractivity contribution in [2.45, 2.75) is 30.7 Å². The molecule has 31 heavy (non-hydrogen) atoms. The number of nitrogens with zero attached hydrogens (tertiary/aromatic N) is 1. The highest BCUT2D eigenvalue weighted by Gasteiger charge is 2.36. The molecule has 2 heterocycles. The number of rotatable bonds is 4. The fraction of sp³-hybridized carbons (Fsp3) is 0.208. The van der Waals surface area contributed by atoms with Crippen molar-refractivity contribution in [2.75, 3.05) is 16.2 Å². The molecule has 158 valence electrons. The van der Waals surface area contributed by atoms with Crippen LogP contribution >= 0.6 is 0 Å². The number of fused-ring (bicyclic) bond motifs is 2. The minimum Gasteiger partial charge on any atom is -0.493 e. The van der Waals surface area contributed by atoms with Crippen molar-refractivity contribution in [3.05, 3.63) is 83.4 Å². The topological polar surface area (TPSA) is 75.7 Å². The highest BCUT2D eigenvalue weighted by atomic mass is 32.2. The third kappa shape index (κ3) is 3.45. The van der Waals surface area contributed by atoms with Gasteiger partial charge in [-0.25, -0.2) is 8.42 Å². The number of hydrogen-bond donors (Lipinski definition) is 1. The number of nitrogens with one attached hydrogen (secondary N) is 1. The maximum Gasteiger partial charge on any atom is 0.264 e. The maximum absolute atomic E-state index is 13.4. The van der Waals surface area contributed by atoms with Gasteiger partial charge in [-0.1, -0.05) is 24.3 Å². The second-order valence-electron chi connectivity index (χ2n) is 7.89. The molecule has 0 bridgehead atoms. The van der Waals surface area contributed by atoms with Gasteiger partial charge in [0.2, 0.25) is 0 Å². The lowest BCUT2D eigenvalue weighted by molar-refractivity contribution is 0.102. The van der Waals surface area contributed by atoms with Gasteiger partial charge >= 0.3 is 0 Å². The van der Waals surface area contributed by atoms with Crippen LogP contribution < -0.4 is 14.4 Å². The van der Waals surface area contributed by atoms with E-state index in [9.17, 15) is 13.2 Å². The number of carbonyl (C=O) groups excluding carboxylic acids is 1. The van der Waals surface area contributed by atoms with Crippen LogP contribution in [-0.2, 0) is 22.9 Å². The van der Waals surface area contributed by atoms with Gasteiger partial charge in [-0.15, -0.1) is 0 Å². The third-order valence-corrected chi connectivity index (χ3v) is 7.67. The van der Waals surface area contributed by atoms with Crippen molar-refractivity contribution in [2.24, 2.45) is 0 Å². The van der Waals surface area contributed by atoms with Gasteiger partial charge < -0.3 is 10.1 Å². The van der Waals surface area contributed by atoms with E-state index in [0.717, 1.165) is 23.3 Å². The Hall–Kier alpha value is -3.32. The van der Waals surface area contributed by atoms with E-state index >= 15 is 0 Å². The molecule has 1 N–H and O–H groups in total. The molecule has 1 amide bonds. The average molecular weight is 435 g/mol. The van der Waals surface area contributed by atoms with Crippen LogP contribution in [0.4, 0.5) is 11.4 Å². The van der Waals surface area contributed by atoms with Crippen molar-refractivity contribution < 1.29 is 17.9 Å². The molecule has 3 aromatic carbocycles. The van der Waals surface area contributed by atoms with Crippen LogP contribution in [0.2, 0.25) is 0 Å². The van der Waals surface area contributed by atoms with E-state index in [2.05, 4.69) is 5.32 Å². The number of amides is 1. The normalized spacial score (nSPS) is 17.1. The van der Waals surface area contributed by atoms with E-state index in [-0.39, 0.29) is 22.4 Å². The summed E-state index contributed by atoms with van der Waals surface area (Å²) in [4.78, 5) is 12.9. The summed E-state index contributed by atoms with van der Waals surface area (Å²) in [5.41, 5.74) is 3.71. The van der Waals surface area contributed by atoms with Crippen LogP contribution in [0.3, 0.4) is 0 Å². The van der Waals surface area contributed by atoms with Gasteiger partial charge in [-0.3, -0.25) is 9.10 Å². The molecular formula is C24H22N2O4S. The zero-order valence-corrected chi connectivity index (χ0v) is 17.9. The van der Waals surface area contributed by atoms with Gasteiger partial charge in [0.05, 0.1) is 17.2 Å². The summed E-state index contributed by atoms with van der Waals surface area (Å²) >= 11 is 0. The third-order valence-electron chi connectivity index (χ3n) is 5.75. The first-order valence-electron chi connectivity index (χ1n) is 10.2. The SMILES string of the molecule is CC1Cc2ccccc2N1S(=O)(=O)c1cccc(C(=O)Nc2ccc3c(c2)CCO3)c1. The number of para-hydroxylation sites is 1. The van der Waals surface area contributed by atoms with Gasteiger partial charge in [-0.2, -0.15) is 0 Å². The quantitative estimate of drug-likeness (QED) is 0.673. The lowest BCUT2D eigenvalue weighted by Gasteiger charge is -2.24. The van der Waals surface area contributed by atoms with Crippen molar-refractivity contribution in [1.29, 1.82) is 0 Å². The van der Waals surface area contributed by atoms with Crippen molar-refractivity contribution in [3.8, 4) is 5.75 Å². The Morgan fingerprint density at radius 1 is 1.03 bits per heavy atom. The Labute approximate surface area is 181 Å². The van der Waals surface area contributed by atoms with E-state index in [4.69, 9.17) is 4.74 Å². The zero-order valence-electron chi connectivity index (χ0n) is 17.0. The Morgan fingerprint density at radius 2 is 1.87 bits per heavy atom. The summed E-state index contributed by atoms with van der Waals surface area (Å²) in [6, 6.07) is 19.0.